The summed E-state index contributed by atoms with van der Waals surface area (Å²) in [4.78, 5) is 24.6. The Kier molecular flexibility index (Phi) is 2.48. The Hall–Kier alpha value is -2.44. The van der Waals surface area contributed by atoms with E-state index in [0.29, 0.717) is 11.1 Å². The summed E-state index contributed by atoms with van der Waals surface area (Å²) in [6, 6.07) is 11.3. The van der Waals surface area contributed by atoms with Crippen molar-refractivity contribution >= 4 is 23.2 Å². The number of nitriles is 1. The van der Waals surface area contributed by atoms with Gasteiger partial charge in [0.25, 0.3) is 0 Å². The van der Waals surface area contributed by atoms with Gasteiger partial charge >= 0.3 is 0 Å². The largest absolute Gasteiger partial charge is 0.289 e. The molecule has 0 fully saturated rings. The van der Waals surface area contributed by atoms with Gasteiger partial charge in [-0.15, -0.1) is 0 Å². The van der Waals surface area contributed by atoms with Crippen LogP contribution in [-0.2, 0) is 0 Å². The van der Waals surface area contributed by atoms with E-state index in [1.165, 1.54) is 12.1 Å². The average Bonchev–Trinajstić information content (AvgIpc) is 2.44. The van der Waals surface area contributed by atoms with Crippen molar-refractivity contribution < 1.29 is 9.59 Å². The van der Waals surface area contributed by atoms with E-state index in [2.05, 4.69) is 0 Å². The maximum absolute atomic E-state index is 12.3. The monoisotopic (exact) mass is 267 g/mol. The summed E-state index contributed by atoms with van der Waals surface area (Å²) < 4.78 is 0. The van der Waals surface area contributed by atoms with Crippen molar-refractivity contribution in [2.24, 2.45) is 0 Å². The van der Waals surface area contributed by atoms with Crippen LogP contribution in [0.2, 0.25) is 5.02 Å². The molecule has 19 heavy (non-hydrogen) atoms. The summed E-state index contributed by atoms with van der Waals surface area (Å²) in [5.41, 5.74) is 1.44. The lowest BCUT2D eigenvalue weighted by Crippen LogP contribution is -2.21. The molecule has 0 spiro atoms. The fraction of sp³-hybridized carbons (Fsp3) is 0. The maximum atomic E-state index is 12.3. The fourth-order valence-electron chi connectivity index (χ4n) is 2.20. The highest BCUT2D eigenvalue weighted by Gasteiger charge is 2.30. The Balaban J connectivity index is 2.34. The molecule has 0 saturated heterocycles. The summed E-state index contributed by atoms with van der Waals surface area (Å²) in [5.74, 6) is -0.491. The molecule has 0 bridgehead atoms. The number of carbonyl (C=O) groups is 2. The van der Waals surface area contributed by atoms with Crippen LogP contribution in [0.3, 0.4) is 0 Å². The Morgan fingerprint density at radius 2 is 1.42 bits per heavy atom. The van der Waals surface area contributed by atoms with Crippen molar-refractivity contribution in [2.45, 2.75) is 0 Å². The smallest absolute Gasteiger partial charge is 0.194 e. The highest BCUT2D eigenvalue weighted by atomic mass is 35.5. The quantitative estimate of drug-likeness (QED) is 0.629. The number of rotatable bonds is 0. The zero-order valence-electron chi connectivity index (χ0n) is 9.61. The number of hydrogen-bond acceptors (Lipinski definition) is 3. The molecule has 0 aromatic heterocycles. The van der Waals surface area contributed by atoms with Crippen LogP contribution in [0.25, 0.3) is 0 Å². The van der Waals surface area contributed by atoms with Crippen LogP contribution in [-0.4, -0.2) is 11.6 Å². The first kappa shape index (κ1) is 11.6. The minimum absolute atomic E-state index is 0.182. The third kappa shape index (κ3) is 1.58. The molecule has 0 atom stereocenters. The standard InChI is InChI=1S/C15H6ClNO2/c16-13-6-12-11(5-8(13)7-17)14(18)9-3-1-2-4-10(9)15(12)19/h1-6H. The minimum atomic E-state index is -0.252. The van der Waals surface area contributed by atoms with E-state index in [4.69, 9.17) is 16.9 Å². The van der Waals surface area contributed by atoms with Crippen LogP contribution in [0.15, 0.2) is 36.4 Å². The van der Waals surface area contributed by atoms with E-state index in [9.17, 15) is 9.59 Å². The summed E-state index contributed by atoms with van der Waals surface area (Å²) in [6.07, 6.45) is 0. The molecule has 1 aliphatic rings. The van der Waals surface area contributed by atoms with Crippen molar-refractivity contribution in [3.63, 3.8) is 0 Å². The molecule has 1 aliphatic carbocycles. The second-order valence-electron chi connectivity index (χ2n) is 4.19. The Morgan fingerprint density at radius 1 is 0.895 bits per heavy atom. The van der Waals surface area contributed by atoms with Gasteiger partial charge < -0.3 is 0 Å². The summed E-state index contributed by atoms with van der Waals surface area (Å²) in [6.45, 7) is 0. The van der Waals surface area contributed by atoms with E-state index in [1.54, 1.807) is 24.3 Å². The van der Waals surface area contributed by atoms with Crippen LogP contribution >= 0.6 is 11.6 Å². The summed E-state index contributed by atoms with van der Waals surface area (Å²) in [5, 5.41) is 9.12. The van der Waals surface area contributed by atoms with Gasteiger partial charge in [0, 0.05) is 22.3 Å². The Morgan fingerprint density at radius 3 is 1.95 bits per heavy atom. The summed E-state index contributed by atoms with van der Waals surface area (Å²) in [7, 11) is 0. The van der Waals surface area contributed by atoms with Gasteiger partial charge in [-0.1, -0.05) is 35.9 Å². The van der Waals surface area contributed by atoms with Crippen molar-refractivity contribution in [1.29, 1.82) is 5.26 Å². The molecule has 0 unspecified atom stereocenters. The SMILES string of the molecule is N#Cc1cc2c(cc1Cl)C(=O)c1ccccc1C2=O. The van der Waals surface area contributed by atoms with Crippen LogP contribution in [0.5, 0.6) is 0 Å². The van der Waals surface area contributed by atoms with E-state index >= 15 is 0 Å². The molecular weight excluding hydrogens is 262 g/mol. The van der Waals surface area contributed by atoms with E-state index in [1.807, 2.05) is 6.07 Å². The predicted octanol–water partition coefficient (Wildman–Crippen LogP) is 2.99. The lowest BCUT2D eigenvalue weighted by atomic mass is 9.83. The van der Waals surface area contributed by atoms with Crippen LogP contribution in [0.4, 0.5) is 0 Å². The first-order valence-electron chi connectivity index (χ1n) is 5.55. The first-order valence-corrected chi connectivity index (χ1v) is 5.93. The van der Waals surface area contributed by atoms with Gasteiger partial charge in [-0.2, -0.15) is 5.26 Å². The number of nitrogens with zero attached hydrogens (tertiary/aromatic N) is 1. The molecule has 2 aromatic carbocycles. The Bertz CT molecular complexity index is 787. The third-order valence-electron chi connectivity index (χ3n) is 3.13. The third-order valence-corrected chi connectivity index (χ3v) is 3.45. The van der Waals surface area contributed by atoms with Gasteiger partial charge in [-0.25, -0.2) is 0 Å². The number of ketones is 2. The topological polar surface area (TPSA) is 57.9 Å². The second kappa shape index (κ2) is 4.04. The van der Waals surface area contributed by atoms with Crippen LogP contribution in [0.1, 0.15) is 37.4 Å². The molecule has 0 saturated carbocycles. The normalized spacial score (nSPS) is 12.6. The lowest BCUT2D eigenvalue weighted by molar-refractivity contribution is 0.0979. The van der Waals surface area contributed by atoms with Gasteiger partial charge in [0.15, 0.2) is 11.6 Å². The Labute approximate surface area is 114 Å². The molecule has 2 aromatic rings. The molecule has 0 amide bonds. The summed E-state index contributed by atoms with van der Waals surface area (Å²) >= 11 is 5.92. The first-order chi connectivity index (χ1) is 9.13. The highest BCUT2D eigenvalue weighted by molar-refractivity contribution is 6.34. The van der Waals surface area contributed by atoms with Gasteiger partial charge in [-0.3, -0.25) is 9.59 Å². The highest BCUT2D eigenvalue weighted by Crippen LogP contribution is 2.30. The molecule has 4 heteroatoms. The van der Waals surface area contributed by atoms with E-state index in [0.717, 1.165) is 0 Å². The number of benzene rings is 2. The number of halogens is 1. The number of fused-ring (bicyclic) bond motifs is 2. The van der Waals surface area contributed by atoms with Crippen molar-refractivity contribution in [2.75, 3.05) is 0 Å². The molecular formula is C15H6ClNO2. The van der Waals surface area contributed by atoms with Gasteiger partial charge in [0.2, 0.25) is 0 Å². The van der Waals surface area contributed by atoms with Crippen LogP contribution in [0, 0.1) is 11.3 Å². The van der Waals surface area contributed by atoms with Gasteiger partial charge in [-0.05, 0) is 12.1 Å². The number of hydrogen-bond donors (Lipinski definition) is 0. The molecule has 0 heterocycles. The second-order valence-corrected chi connectivity index (χ2v) is 4.60. The number of carbonyl (C=O) groups excluding carboxylic acids is 2. The van der Waals surface area contributed by atoms with Crippen molar-refractivity contribution in [1.82, 2.24) is 0 Å². The van der Waals surface area contributed by atoms with Crippen molar-refractivity contribution in [3.05, 3.63) is 69.2 Å². The van der Waals surface area contributed by atoms with Crippen molar-refractivity contribution in [3.8, 4) is 6.07 Å². The zero-order chi connectivity index (χ0) is 13.6. The van der Waals surface area contributed by atoms with Gasteiger partial charge in [0.05, 0.1) is 10.6 Å². The molecule has 90 valence electrons. The molecule has 3 nitrogen and oxygen atoms in total. The lowest BCUT2D eigenvalue weighted by Gasteiger charge is -2.17. The molecule has 0 radical (unpaired) electrons. The van der Waals surface area contributed by atoms with E-state index < -0.39 is 0 Å². The zero-order valence-corrected chi connectivity index (χ0v) is 10.4. The van der Waals surface area contributed by atoms with Gasteiger partial charge in [0.1, 0.15) is 6.07 Å². The predicted molar refractivity (Wildman–Crippen MR) is 69.5 cm³/mol. The maximum Gasteiger partial charge on any atom is 0.194 e. The molecule has 3 rings (SSSR count). The van der Waals surface area contributed by atoms with Crippen LogP contribution < -0.4 is 0 Å². The molecule has 0 N–H and O–H groups in total. The molecule has 0 aliphatic heterocycles. The fourth-order valence-corrected chi connectivity index (χ4v) is 2.41. The van der Waals surface area contributed by atoms with E-state index in [-0.39, 0.29) is 33.3 Å². The average molecular weight is 268 g/mol. The minimum Gasteiger partial charge on any atom is -0.289 e.